The molecule has 2 aliphatic heterocycles. The van der Waals surface area contributed by atoms with Gasteiger partial charge in [0.2, 0.25) is 0 Å². The van der Waals surface area contributed by atoms with Crippen molar-refractivity contribution in [3.63, 3.8) is 0 Å². The Balaban J connectivity index is 1.33. The van der Waals surface area contributed by atoms with E-state index in [1.54, 1.807) is 12.2 Å². The molecule has 4 aliphatic carbocycles. The lowest BCUT2D eigenvalue weighted by atomic mass is 9.40. The summed E-state index contributed by atoms with van der Waals surface area (Å²) in [6, 6.07) is 1.76. The summed E-state index contributed by atoms with van der Waals surface area (Å²) in [5, 5.41) is 25.1. The highest BCUT2D eigenvalue weighted by molar-refractivity contribution is 6.18. The molecule has 53 heavy (non-hydrogen) atoms. The quantitative estimate of drug-likeness (QED) is 0.134. The number of aliphatic hydroxyl groups excluding tert-OH is 2. The van der Waals surface area contributed by atoms with Crippen LogP contribution in [0.1, 0.15) is 132 Å². The molecule has 8 rings (SSSR count). The summed E-state index contributed by atoms with van der Waals surface area (Å²) >= 11 is 0. The van der Waals surface area contributed by atoms with E-state index in [4.69, 9.17) is 9.47 Å². The van der Waals surface area contributed by atoms with Crippen LogP contribution in [0.3, 0.4) is 0 Å². The summed E-state index contributed by atoms with van der Waals surface area (Å²) in [5.41, 5.74) is 6.14. The third-order valence-electron chi connectivity index (χ3n) is 15.2. The van der Waals surface area contributed by atoms with E-state index in [0.717, 1.165) is 58.9 Å². The summed E-state index contributed by atoms with van der Waals surface area (Å²) < 4.78 is 13.9. The minimum atomic E-state index is -0.861. The number of ketones is 1. The standard InChI is InChI=1S/C46H57NO6/c1-12-14-25(41(51)52-11)15-13-19-44(8)31-17-16-26-21-29-28-22-27-30-23-42(4,5)53-43(6,7)35(30)38(49)33(27)34-37(28)47(36(24(2)3)39(34)50)40(29)46(26,10)45(31,9)20-18-32(44)48/h12-13,15,19,22-23,26,31-32,35-36,38,48-49H,1-2,14,16-18,20-21H2,3-11H3/b19-13+,25-15+/t26-,31-,32-,35+,36-,38+,44-,45-,46+/m0/s1. The van der Waals surface area contributed by atoms with E-state index < -0.39 is 34.9 Å². The fourth-order valence-electron chi connectivity index (χ4n) is 13.0. The van der Waals surface area contributed by atoms with Crippen molar-refractivity contribution >= 4 is 28.2 Å². The van der Waals surface area contributed by atoms with Gasteiger partial charge in [-0.25, -0.2) is 4.79 Å². The summed E-state index contributed by atoms with van der Waals surface area (Å²) in [6.45, 7) is 25.5. The predicted octanol–water partition coefficient (Wildman–Crippen LogP) is 8.83. The number of methoxy groups -OCH3 is 1. The summed E-state index contributed by atoms with van der Waals surface area (Å²) in [6.07, 6.45) is 13.2. The average molecular weight is 720 g/mol. The number of aromatic nitrogens is 1. The maximum atomic E-state index is 14.9. The Morgan fingerprint density at radius 1 is 1.11 bits per heavy atom. The van der Waals surface area contributed by atoms with Crippen molar-refractivity contribution < 1.29 is 29.3 Å². The SMILES string of the molecule is C=CC/C(=C\C=C\[C@]1(C)[C@@H](O)CC[C@@]2(C)[C@H]1CC[C@H]1Cc3c(n4c5c(c6c(cc35)C3=CC(C)(C)OC(C)(C)[C@H]3[C@@H]6O)C(=O)[C@@H]4C(=C)C)[C@@]12C)C(=O)OC. The van der Waals surface area contributed by atoms with E-state index in [1.807, 2.05) is 13.0 Å². The molecule has 2 fully saturated rings. The minimum absolute atomic E-state index is 0.0255. The summed E-state index contributed by atoms with van der Waals surface area (Å²) in [7, 11) is 1.39. The second kappa shape index (κ2) is 11.5. The van der Waals surface area contributed by atoms with Crippen molar-refractivity contribution in [3.05, 3.63) is 88.7 Å². The van der Waals surface area contributed by atoms with Gasteiger partial charge >= 0.3 is 5.97 Å². The van der Waals surface area contributed by atoms with E-state index in [2.05, 4.69) is 84.4 Å². The highest BCUT2D eigenvalue weighted by Crippen LogP contribution is 2.71. The lowest BCUT2D eigenvalue weighted by Gasteiger charge is -2.64. The van der Waals surface area contributed by atoms with Gasteiger partial charge in [0.15, 0.2) is 5.78 Å². The number of allylic oxidation sites excluding steroid dienone is 4. The number of carbonyl (C=O) groups is 2. The first kappa shape index (κ1) is 36.5. The molecule has 282 valence electrons. The molecule has 7 heteroatoms. The van der Waals surface area contributed by atoms with Gasteiger partial charge in [-0.3, -0.25) is 4.79 Å². The van der Waals surface area contributed by atoms with Crippen molar-refractivity contribution in [2.45, 2.75) is 129 Å². The number of ether oxygens (including phenoxy) is 2. The first-order chi connectivity index (χ1) is 24.8. The molecule has 2 aromatic rings. The number of Topliss-reactive ketones (excluding diaryl/α,β-unsaturated/α-hetero) is 1. The van der Waals surface area contributed by atoms with Crippen LogP contribution in [-0.2, 0) is 26.1 Å². The monoisotopic (exact) mass is 719 g/mol. The van der Waals surface area contributed by atoms with Gasteiger partial charge in [0, 0.05) is 39.0 Å². The number of hydrogen-bond donors (Lipinski definition) is 2. The Hall–Kier alpha value is -3.52. The van der Waals surface area contributed by atoms with Gasteiger partial charge in [0.25, 0.3) is 0 Å². The minimum Gasteiger partial charge on any atom is -0.466 e. The van der Waals surface area contributed by atoms with Crippen LogP contribution < -0.4 is 0 Å². The van der Waals surface area contributed by atoms with Crippen LogP contribution in [0.15, 0.2) is 60.8 Å². The van der Waals surface area contributed by atoms with Gasteiger partial charge < -0.3 is 24.3 Å². The Morgan fingerprint density at radius 2 is 1.83 bits per heavy atom. The largest absolute Gasteiger partial charge is 0.466 e. The number of hydrogen-bond acceptors (Lipinski definition) is 6. The highest BCUT2D eigenvalue weighted by Gasteiger charge is 2.67. The number of rotatable bonds is 6. The Labute approximate surface area is 314 Å². The van der Waals surface area contributed by atoms with Gasteiger partial charge in [-0.05, 0) is 119 Å². The van der Waals surface area contributed by atoms with Gasteiger partial charge in [0.05, 0.1) is 41.6 Å². The van der Waals surface area contributed by atoms with Crippen LogP contribution in [0.25, 0.3) is 16.5 Å². The van der Waals surface area contributed by atoms with Crippen LogP contribution in [0, 0.1) is 28.6 Å². The first-order valence-corrected chi connectivity index (χ1v) is 19.6. The molecule has 0 bridgehead atoms. The third kappa shape index (κ3) is 4.56. The molecule has 1 aromatic carbocycles. The second-order valence-corrected chi connectivity index (χ2v) is 18.9. The second-order valence-electron chi connectivity index (χ2n) is 18.9. The topological polar surface area (TPSA) is 98.0 Å². The Bertz CT molecular complexity index is 2110. The molecule has 0 radical (unpaired) electrons. The van der Waals surface area contributed by atoms with Crippen LogP contribution in [0.2, 0.25) is 0 Å². The number of fused-ring (bicyclic) bond motifs is 11. The van der Waals surface area contributed by atoms with E-state index in [-0.39, 0.29) is 34.4 Å². The molecule has 9 atom stereocenters. The Kier molecular flexibility index (Phi) is 7.91. The molecule has 0 unspecified atom stereocenters. The number of aliphatic hydroxyl groups is 2. The number of esters is 1. The molecule has 0 saturated heterocycles. The molecular weight excluding hydrogens is 663 g/mol. The molecule has 1 aromatic heterocycles. The molecular formula is C46H57NO6. The molecule has 0 amide bonds. The molecule has 3 heterocycles. The zero-order chi connectivity index (χ0) is 38.4. The smallest absolute Gasteiger partial charge is 0.334 e. The zero-order valence-electron chi connectivity index (χ0n) is 33.1. The van der Waals surface area contributed by atoms with Gasteiger partial charge in [-0.15, -0.1) is 6.58 Å². The highest BCUT2D eigenvalue weighted by atomic mass is 16.5. The number of carbonyl (C=O) groups excluding carboxylic acids is 2. The van der Waals surface area contributed by atoms with Crippen molar-refractivity contribution in [1.82, 2.24) is 4.57 Å². The molecule has 2 saturated carbocycles. The van der Waals surface area contributed by atoms with Gasteiger partial charge in [0.1, 0.15) is 6.04 Å². The van der Waals surface area contributed by atoms with Crippen molar-refractivity contribution in [2.75, 3.05) is 7.11 Å². The van der Waals surface area contributed by atoms with Crippen molar-refractivity contribution in [3.8, 4) is 0 Å². The van der Waals surface area contributed by atoms with Gasteiger partial charge in [-0.2, -0.15) is 0 Å². The van der Waals surface area contributed by atoms with E-state index >= 15 is 0 Å². The van der Waals surface area contributed by atoms with Crippen LogP contribution >= 0.6 is 0 Å². The lowest BCUT2D eigenvalue weighted by molar-refractivity contribution is -0.144. The van der Waals surface area contributed by atoms with Crippen molar-refractivity contribution in [2.24, 2.45) is 28.6 Å². The predicted molar refractivity (Wildman–Crippen MR) is 209 cm³/mol. The van der Waals surface area contributed by atoms with E-state index in [0.29, 0.717) is 29.9 Å². The van der Waals surface area contributed by atoms with Gasteiger partial charge in [-0.1, -0.05) is 57.2 Å². The molecule has 2 N–H and O–H groups in total. The van der Waals surface area contributed by atoms with E-state index in [1.165, 1.54) is 18.4 Å². The maximum Gasteiger partial charge on any atom is 0.334 e. The fourth-order valence-corrected chi connectivity index (χ4v) is 13.0. The number of nitrogens with zero attached hydrogens (tertiary/aromatic N) is 1. The van der Waals surface area contributed by atoms with Crippen LogP contribution in [0.4, 0.5) is 0 Å². The van der Waals surface area contributed by atoms with E-state index in [9.17, 15) is 19.8 Å². The zero-order valence-corrected chi connectivity index (χ0v) is 33.1. The molecule has 7 nitrogen and oxygen atoms in total. The fraction of sp³-hybridized carbons (Fsp3) is 0.565. The number of benzene rings is 1. The summed E-state index contributed by atoms with van der Waals surface area (Å²) in [5.74, 6) is -0.111. The summed E-state index contributed by atoms with van der Waals surface area (Å²) in [4.78, 5) is 27.4. The first-order valence-electron chi connectivity index (χ1n) is 19.6. The maximum absolute atomic E-state index is 14.9. The normalized spacial score (nSPS) is 37.5. The van der Waals surface area contributed by atoms with Crippen LogP contribution in [0.5, 0.6) is 0 Å². The van der Waals surface area contributed by atoms with Crippen molar-refractivity contribution in [1.29, 1.82) is 0 Å². The average Bonchev–Trinajstić information content (AvgIpc) is 3.74. The molecule has 6 aliphatic rings. The van der Waals surface area contributed by atoms with Crippen LogP contribution in [-0.4, -0.2) is 50.9 Å². The third-order valence-corrected chi connectivity index (χ3v) is 15.2. The molecule has 0 spiro atoms. The Morgan fingerprint density at radius 3 is 2.49 bits per heavy atom. The lowest BCUT2D eigenvalue weighted by Crippen LogP contribution is -2.62.